The van der Waals surface area contributed by atoms with Gasteiger partial charge in [0.2, 0.25) is 0 Å². The third kappa shape index (κ3) is 40.4. The summed E-state index contributed by atoms with van der Waals surface area (Å²) in [6, 6.07) is 8.04. The van der Waals surface area contributed by atoms with Crippen molar-refractivity contribution in [2.24, 2.45) is 0 Å². The van der Waals surface area contributed by atoms with Crippen molar-refractivity contribution in [3.05, 3.63) is 41.0 Å². The average Bonchev–Trinajstić information content (AvgIpc) is 3.39. The monoisotopic (exact) mass is 1070 g/mol. The van der Waals surface area contributed by atoms with Crippen molar-refractivity contribution in [1.82, 2.24) is 0 Å². The molecule has 0 N–H and O–H groups in total. The van der Waals surface area contributed by atoms with Gasteiger partial charge in [-0.1, -0.05) is 372 Å². The summed E-state index contributed by atoms with van der Waals surface area (Å²) in [5.41, 5.74) is 3.47. The SMILES string of the molecule is CCCCCCCCCCCCCCCCCCCCc1c(CCCCCCCCCCCCCCCCCCCC)c(S(=O)(=O)[O-])c2ccccc2c1CCCCCCCCCCCCCCCCCCCC.[Na+]. The van der Waals surface area contributed by atoms with E-state index in [4.69, 9.17) is 0 Å². The molecular weight excluding hydrogens is 944 g/mol. The number of rotatable bonds is 58. The molecule has 75 heavy (non-hydrogen) atoms. The summed E-state index contributed by atoms with van der Waals surface area (Å²) in [7, 11) is -4.64. The maximum atomic E-state index is 13.3. The topological polar surface area (TPSA) is 57.2 Å². The van der Waals surface area contributed by atoms with E-state index < -0.39 is 10.1 Å². The van der Waals surface area contributed by atoms with Crippen LogP contribution in [0.2, 0.25) is 0 Å². The van der Waals surface area contributed by atoms with Crippen LogP contribution in [0.5, 0.6) is 0 Å². The minimum atomic E-state index is -4.64. The molecule has 0 saturated carbocycles. The molecular formula is C70H127NaO3S. The van der Waals surface area contributed by atoms with Crippen molar-refractivity contribution < 1.29 is 42.5 Å². The van der Waals surface area contributed by atoms with Gasteiger partial charge in [0, 0.05) is 0 Å². The van der Waals surface area contributed by atoms with E-state index in [9.17, 15) is 13.0 Å². The number of benzene rings is 2. The fourth-order valence-corrected chi connectivity index (χ4v) is 13.3. The third-order valence-electron chi connectivity index (χ3n) is 17.1. The summed E-state index contributed by atoms with van der Waals surface area (Å²) >= 11 is 0. The van der Waals surface area contributed by atoms with Crippen molar-refractivity contribution in [2.75, 3.05) is 0 Å². The molecule has 0 saturated heterocycles. The molecule has 0 aliphatic rings. The first kappa shape index (κ1) is 72.6. The van der Waals surface area contributed by atoms with Gasteiger partial charge in [-0.15, -0.1) is 0 Å². The summed E-state index contributed by atoms with van der Waals surface area (Å²) < 4.78 is 40.0. The van der Waals surface area contributed by atoms with Gasteiger partial charge in [0.25, 0.3) is 0 Å². The molecule has 0 heterocycles. The number of unbranched alkanes of at least 4 members (excludes halogenated alkanes) is 51. The molecule has 0 aliphatic carbocycles. The quantitative estimate of drug-likeness (QED) is 0.0377. The molecule has 0 bridgehead atoms. The van der Waals surface area contributed by atoms with Gasteiger partial charge in [0.15, 0.2) is 0 Å². The second-order valence-corrected chi connectivity index (χ2v) is 25.4. The molecule has 0 unspecified atom stereocenters. The second-order valence-electron chi connectivity index (χ2n) is 24.0. The van der Waals surface area contributed by atoms with Crippen LogP contribution in [0.1, 0.15) is 384 Å². The average molecular weight is 1070 g/mol. The van der Waals surface area contributed by atoms with Crippen LogP contribution in [0.25, 0.3) is 10.8 Å². The van der Waals surface area contributed by atoms with Gasteiger partial charge in [0.1, 0.15) is 10.1 Å². The molecule has 2 aromatic carbocycles. The summed E-state index contributed by atoms with van der Waals surface area (Å²) in [5.74, 6) is 0. The predicted molar refractivity (Wildman–Crippen MR) is 329 cm³/mol. The zero-order valence-corrected chi connectivity index (χ0v) is 54.1. The minimum Gasteiger partial charge on any atom is -0.744 e. The Labute approximate surface area is 492 Å². The van der Waals surface area contributed by atoms with Gasteiger partial charge in [0.05, 0.1) is 4.90 Å². The van der Waals surface area contributed by atoms with Crippen LogP contribution in [0, 0.1) is 0 Å². The molecule has 0 atom stereocenters. The van der Waals surface area contributed by atoms with E-state index in [1.807, 2.05) is 12.1 Å². The standard InChI is InChI=1S/C70H128O3S.Na/c1-4-7-10-13-16-19-22-25-28-31-34-37-40-43-46-49-52-55-60-65-66(61-56-53-50-47-44-41-38-35-32-29-26-23-20-17-14-11-8-5-2)68(70(74(71,72)73)69-64-59-58-62-67(65)69)63-57-54-51-48-45-42-39-36-33-30-27-24-21-18-15-12-9-6-3;/h58-59,62,64H,4-57,60-61,63H2,1-3H3,(H,71,72,73);/q;+1/p-1. The maximum absolute atomic E-state index is 13.3. The third-order valence-corrected chi connectivity index (χ3v) is 18.1. The molecule has 2 rings (SSSR count). The van der Waals surface area contributed by atoms with E-state index in [2.05, 4.69) is 32.9 Å². The van der Waals surface area contributed by atoms with Gasteiger partial charge in [-0.05, 0) is 66.0 Å². The van der Waals surface area contributed by atoms with E-state index in [0.29, 0.717) is 11.8 Å². The molecule has 0 amide bonds. The first-order valence-corrected chi connectivity index (χ1v) is 35.4. The first-order valence-electron chi connectivity index (χ1n) is 34.0. The Bertz CT molecular complexity index is 1620. The smallest absolute Gasteiger partial charge is 0.744 e. The predicted octanol–water partition coefficient (Wildman–Crippen LogP) is 21.5. The van der Waals surface area contributed by atoms with Crippen LogP contribution in [-0.2, 0) is 29.4 Å². The van der Waals surface area contributed by atoms with Gasteiger partial charge in [-0.3, -0.25) is 0 Å². The molecule has 5 heteroatoms. The van der Waals surface area contributed by atoms with Crippen LogP contribution >= 0.6 is 0 Å². The Hall–Kier alpha value is -0.390. The fourth-order valence-electron chi connectivity index (χ4n) is 12.3. The second kappa shape index (κ2) is 54.2. The molecule has 2 aromatic rings. The molecule has 3 nitrogen and oxygen atoms in total. The Morgan fingerprint density at radius 2 is 0.453 bits per heavy atom. The normalized spacial score (nSPS) is 11.8. The van der Waals surface area contributed by atoms with E-state index >= 15 is 0 Å². The molecule has 0 spiro atoms. The van der Waals surface area contributed by atoms with E-state index in [1.54, 1.807) is 0 Å². The zero-order chi connectivity index (χ0) is 53.1. The molecule has 0 radical (unpaired) electrons. The first-order chi connectivity index (χ1) is 36.5. The van der Waals surface area contributed by atoms with Crippen LogP contribution in [0.15, 0.2) is 29.2 Å². The van der Waals surface area contributed by atoms with Crippen LogP contribution < -0.4 is 29.6 Å². The van der Waals surface area contributed by atoms with Crippen molar-refractivity contribution in [2.45, 2.75) is 392 Å². The number of aryl methyl sites for hydroxylation is 1. The van der Waals surface area contributed by atoms with E-state index in [-0.39, 0.29) is 34.5 Å². The van der Waals surface area contributed by atoms with Gasteiger partial charge in [-0.2, -0.15) is 0 Å². The maximum Gasteiger partial charge on any atom is 1.00 e. The van der Waals surface area contributed by atoms with E-state index in [0.717, 1.165) is 49.5 Å². The van der Waals surface area contributed by atoms with E-state index in [1.165, 1.54) is 332 Å². The van der Waals surface area contributed by atoms with Crippen molar-refractivity contribution >= 4 is 20.9 Å². The van der Waals surface area contributed by atoms with Gasteiger partial charge < -0.3 is 4.55 Å². The van der Waals surface area contributed by atoms with Crippen LogP contribution in [0.3, 0.4) is 0 Å². The van der Waals surface area contributed by atoms with Crippen LogP contribution in [-0.4, -0.2) is 13.0 Å². The zero-order valence-electron chi connectivity index (χ0n) is 51.2. The summed E-state index contributed by atoms with van der Waals surface area (Å²) in [4.78, 5) is 0.110. The Morgan fingerprint density at radius 1 is 0.267 bits per heavy atom. The largest absolute Gasteiger partial charge is 1.00 e. The molecule has 0 aliphatic heterocycles. The fraction of sp³-hybridized carbons (Fsp3) is 0.857. The number of fused-ring (bicyclic) bond motifs is 1. The Morgan fingerprint density at radius 3 is 0.680 bits per heavy atom. The van der Waals surface area contributed by atoms with Crippen LogP contribution in [0.4, 0.5) is 0 Å². The molecule has 0 aromatic heterocycles. The van der Waals surface area contributed by atoms with Gasteiger partial charge in [-0.25, -0.2) is 8.42 Å². The minimum absolute atomic E-state index is 0. The van der Waals surface area contributed by atoms with Gasteiger partial charge >= 0.3 is 29.6 Å². The number of hydrogen-bond donors (Lipinski definition) is 0. The van der Waals surface area contributed by atoms with Crippen molar-refractivity contribution in [3.8, 4) is 0 Å². The summed E-state index contributed by atoms with van der Waals surface area (Å²) in [5, 5.41) is 1.70. The summed E-state index contributed by atoms with van der Waals surface area (Å²) in [6.45, 7) is 6.90. The molecule has 432 valence electrons. The summed E-state index contributed by atoms with van der Waals surface area (Å²) in [6.07, 6.45) is 75.8. The molecule has 0 fully saturated rings. The Balaban J connectivity index is 0.0000281. The number of hydrogen-bond acceptors (Lipinski definition) is 3. The van der Waals surface area contributed by atoms with Crippen molar-refractivity contribution in [1.29, 1.82) is 0 Å². The Kier molecular flexibility index (Phi) is 52.5. The van der Waals surface area contributed by atoms with Crippen molar-refractivity contribution in [3.63, 3.8) is 0 Å².